The van der Waals surface area contributed by atoms with Crippen LogP contribution in [0.1, 0.15) is 149 Å². The molecule has 2 unspecified atom stereocenters. The first-order valence-corrected chi connectivity index (χ1v) is 43.6. The first-order chi connectivity index (χ1) is 63.6. The van der Waals surface area contributed by atoms with Gasteiger partial charge in [0.25, 0.3) is 0 Å². The SMILES string of the molecule is CCOC(=O)c1cc(-c2ccc(F)cc2F)c2c(n1)OC(CO)C(C)C2.CCOC(=O)c1cc(-c2ccc(F)cc2F)c2c(n1)O[C@@H](CO)[C@@H](C)C2.CCOC(=O)c1cc(-c2ccc(F)cc2F)c2c(n1)O[C@@H](CO)[C@H](C)C2.CCOC(=O)c1cc(-c2ccc(F)cc2F)c2c(n1)O[C@H](CO)[C@@H](C)C2.CCOC(=O)c1cc(-c2ccc(F)cc2F)c2c(n1)O[C@H](CO)[C@H](C)C2.CSF. The minimum Gasteiger partial charge on any atom is -0.471 e. The summed E-state index contributed by atoms with van der Waals surface area (Å²) in [5.41, 5.74) is 5.64. The molecule has 5 aliphatic rings. The maximum absolute atomic E-state index is 14.4. The number of aliphatic hydroxyl groups is 5. The van der Waals surface area contributed by atoms with Gasteiger partial charge in [0.05, 0.1) is 66.1 Å². The number of carbonyl (C=O) groups is 5. The first-order valence-electron chi connectivity index (χ1n) is 42.5. The van der Waals surface area contributed by atoms with Crippen LogP contribution in [0, 0.1) is 87.8 Å². The third kappa shape index (κ3) is 24.9. The predicted molar refractivity (Wildman–Crippen MR) is 464 cm³/mol. The molecule has 5 aromatic carbocycles. The third-order valence-electron chi connectivity index (χ3n) is 22.0. The van der Waals surface area contributed by atoms with E-state index in [-0.39, 0.29) is 193 Å². The number of aliphatic hydroxyl groups excluding tert-OH is 5. The number of hydrogen-bond acceptors (Lipinski definition) is 26. The number of nitrogens with zero attached hydrogens (tertiary/aromatic N) is 5. The van der Waals surface area contributed by atoms with Crippen LogP contribution in [-0.4, -0.2) is 183 Å². The molecule has 0 bridgehead atoms. The minimum absolute atomic E-state index is 0.0319. The van der Waals surface area contributed by atoms with Gasteiger partial charge >= 0.3 is 29.8 Å². The van der Waals surface area contributed by atoms with E-state index in [0.717, 1.165) is 60.7 Å². The summed E-state index contributed by atoms with van der Waals surface area (Å²) < 4.78 is 202. The lowest BCUT2D eigenvalue weighted by Crippen LogP contribution is -2.35. The van der Waals surface area contributed by atoms with Crippen molar-refractivity contribution in [2.75, 3.05) is 72.3 Å². The monoisotopic (exact) mass is 1880 g/mol. The van der Waals surface area contributed by atoms with Gasteiger partial charge in [-0.25, -0.2) is 92.8 Å². The molecule has 5 aliphatic heterocycles. The number of fused-ring (bicyclic) bond motifs is 5. The molecule has 10 aromatic rings. The molecular formula is C96H98F11N5O20S. The fraction of sp³-hybridized carbons (Fsp3) is 0.375. The number of esters is 5. The molecule has 0 aliphatic carbocycles. The molecule has 5 N–H and O–H groups in total. The second-order valence-electron chi connectivity index (χ2n) is 31.2. The van der Waals surface area contributed by atoms with Crippen LogP contribution >= 0.6 is 12.1 Å². The van der Waals surface area contributed by atoms with Gasteiger partial charge in [0, 0.05) is 104 Å². The van der Waals surface area contributed by atoms with E-state index >= 15 is 0 Å². The van der Waals surface area contributed by atoms with Gasteiger partial charge in [-0.15, -0.1) is 0 Å². The highest BCUT2D eigenvalue weighted by atomic mass is 32.2. The van der Waals surface area contributed by atoms with Crippen LogP contribution in [0.3, 0.4) is 0 Å². The van der Waals surface area contributed by atoms with Crippen LogP contribution in [-0.2, 0) is 55.8 Å². The van der Waals surface area contributed by atoms with Crippen LogP contribution in [0.4, 0.5) is 47.8 Å². The zero-order chi connectivity index (χ0) is 96.9. The smallest absolute Gasteiger partial charge is 0.357 e. The summed E-state index contributed by atoms with van der Waals surface area (Å²) in [7, 11) is 0. The zero-order valence-electron chi connectivity index (χ0n) is 74.1. The van der Waals surface area contributed by atoms with Gasteiger partial charge in [-0.2, -0.15) is 3.89 Å². The second-order valence-corrected chi connectivity index (χ2v) is 31.5. The van der Waals surface area contributed by atoms with E-state index in [1.807, 2.05) is 34.6 Å². The Bertz CT molecular complexity index is 5040. The molecule has 5 aromatic heterocycles. The summed E-state index contributed by atoms with van der Waals surface area (Å²) in [4.78, 5) is 81.6. The molecular weight excluding hydrogens is 1780 g/mol. The number of rotatable bonds is 20. The molecule has 15 rings (SSSR count). The molecule has 10 atom stereocenters. The summed E-state index contributed by atoms with van der Waals surface area (Å²) in [5, 5.41) is 47.3. The molecule has 133 heavy (non-hydrogen) atoms. The van der Waals surface area contributed by atoms with E-state index in [4.69, 9.17) is 47.4 Å². The summed E-state index contributed by atoms with van der Waals surface area (Å²) in [6.45, 7) is 17.6. The quantitative estimate of drug-likeness (QED) is 0.0269. The largest absolute Gasteiger partial charge is 0.471 e. The van der Waals surface area contributed by atoms with Crippen LogP contribution < -0.4 is 23.7 Å². The van der Waals surface area contributed by atoms with Crippen LogP contribution in [0.2, 0.25) is 0 Å². The predicted octanol–water partition coefficient (Wildman–Crippen LogP) is 16.9. The van der Waals surface area contributed by atoms with Crippen molar-refractivity contribution in [3.05, 3.63) is 236 Å². The fourth-order valence-electron chi connectivity index (χ4n) is 15.2. The lowest BCUT2D eigenvalue weighted by atomic mass is 9.88. The Balaban J connectivity index is 0.000000171. The Morgan fingerprint density at radius 1 is 0.293 bits per heavy atom. The molecule has 0 spiro atoms. The Morgan fingerprint density at radius 3 is 0.571 bits per heavy atom. The normalized spacial score (nSPS) is 18.5. The molecule has 0 saturated carbocycles. The maximum Gasteiger partial charge on any atom is 0.357 e. The van der Waals surface area contributed by atoms with E-state index in [9.17, 15) is 97.3 Å². The number of aromatic nitrogens is 5. The Hall–Kier alpha value is -12.4. The van der Waals surface area contributed by atoms with Gasteiger partial charge < -0.3 is 72.9 Å². The standard InChI is InChI=1S/5C19H19F2NO4.CH3FS/c5*1-3-25-19(24)16-8-13(12-5-4-11(20)7-15(12)21)14-6-10(2)17(9-23)26-18(14)22-16;1-3-2/h5*4-5,7-8,10,17,23H,3,6,9H2,1-2H3;1H3/t2*10-,17+;2*10-,17-;;/m1010../s1. The second kappa shape index (κ2) is 47.3. The molecule has 0 radical (unpaired) electrons. The highest BCUT2D eigenvalue weighted by Crippen LogP contribution is 2.45. The summed E-state index contributed by atoms with van der Waals surface area (Å²) >= 11 is 0.250. The van der Waals surface area contributed by atoms with Crippen molar-refractivity contribution in [3.8, 4) is 85.0 Å². The highest BCUT2D eigenvalue weighted by Gasteiger charge is 2.39. The number of benzene rings is 5. The third-order valence-corrected chi connectivity index (χ3v) is 22.0. The molecule has 710 valence electrons. The van der Waals surface area contributed by atoms with Crippen molar-refractivity contribution in [1.29, 1.82) is 0 Å². The van der Waals surface area contributed by atoms with Crippen molar-refractivity contribution in [3.63, 3.8) is 0 Å². The number of ether oxygens (including phenoxy) is 10. The number of carbonyl (C=O) groups excluding carboxylic acids is 5. The van der Waals surface area contributed by atoms with Gasteiger partial charge in [0.1, 0.15) is 88.7 Å². The lowest BCUT2D eigenvalue weighted by molar-refractivity contribution is 0.0484. The summed E-state index contributed by atoms with van der Waals surface area (Å²) in [6, 6.07) is 23.4. The molecule has 25 nitrogen and oxygen atoms in total. The average molecular weight is 1880 g/mol. The topological polar surface area (TPSA) is 343 Å². The van der Waals surface area contributed by atoms with Crippen LogP contribution in [0.25, 0.3) is 55.6 Å². The molecule has 0 saturated heterocycles. The number of halogens is 11. The van der Waals surface area contributed by atoms with Gasteiger partial charge in [-0.3, -0.25) is 0 Å². The van der Waals surface area contributed by atoms with Crippen molar-refractivity contribution in [1.82, 2.24) is 24.9 Å². The number of pyridine rings is 5. The van der Waals surface area contributed by atoms with Crippen molar-refractivity contribution in [2.24, 2.45) is 29.6 Å². The molecule has 10 heterocycles. The van der Waals surface area contributed by atoms with Gasteiger partial charge in [0.2, 0.25) is 29.4 Å². The summed E-state index contributed by atoms with van der Waals surface area (Å²) in [5.74, 6) is -9.89. The highest BCUT2D eigenvalue weighted by molar-refractivity contribution is 7.93. The van der Waals surface area contributed by atoms with Gasteiger partial charge in [-0.05, 0) is 215 Å². The van der Waals surface area contributed by atoms with Gasteiger partial charge in [0.15, 0.2) is 28.5 Å². The number of hydrogen-bond donors (Lipinski definition) is 5. The zero-order valence-corrected chi connectivity index (χ0v) is 74.9. The van der Waals surface area contributed by atoms with Crippen LogP contribution in [0.15, 0.2) is 121 Å². The summed E-state index contributed by atoms with van der Waals surface area (Å²) in [6.07, 6.45) is 1.38. The van der Waals surface area contributed by atoms with E-state index in [1.165, 1.54) is 66.9 Å². The Labute approximate surface area is 762 Å². The van der Waals surface area contributed by atoms with Gasteiger partial charge in [-0.1, -0.05) is 34.6 Å². The first kappa shape index (κ1) is 103. The maximum atomic E-state index is 14.4. The average Bonchev–Trinajstić information content (AvgIpc) is 0.787. The van der Waals surface area contributed by atoms with E-state index < -0.39 is 119 Å². The molecule has 0 fully saturated rings. The Kier molecular flexibility index (Phi) is 36.5. The minimum atomic E-state index is -0.745. The fourth-order valence-corrected chi connectivity index (χ4v) is 15.2. The lowest BCUT2D eigenvalue weighted by Gasteiger charge is -2.31. The van der Waals surface area contributed by atoms with Crippen molar-refractivity contribution < 1.29 is 145 Å². The van der Waals surface area contributed by atoms with Crippen molar-refractivity contribution in [2.45, 2.75) is 132 Å². The molecule has 37 heteroatoms. The van der Waals surface area contributed by atoms with Crippen LogP contribution in [0.5, 0.6) is 29.4 Å². The van der Waals surface area contributed by atoms with E-state index in [2.05, 4.69) is 24.9 Å². The van der Waals surface area contributed by atoms with Crippen molar-refractivity contribution >= 4 is 42.0 Å². The van der Waals surface area contributed by atoms with E-state index in [1.54, 1.807) is 34.6 Å². The van der Waals surface area contributed by atoms with E-state index in [0.29, 0.717) is 87.7 Å². The Morgan fingerprint density at radius 2 is 0.444 bits per heavy atom. The molecule has 0 amide bonds.